The third-order valence-electron chi connectivity index (χ3n) is 5.91. The van der Waals surface area contributed by atoms with E-state index in [-0.39, 0.29) is 36.2 Å². The fourth-order valence-corrected chi connectivity index (χ4v) is 4.20. The molecule has 2 aliphatic heterocycles. The normalized spacial score (nSPS) is 16.7. The van der Waals surface area contributed by atoms with Crippen molar-refractivity contribution in [2.75, 3.05) is 5.32 Å². The molecule has 0 saturated carbocycles. The van der Waals surface area contributed by atoms with Gasteiger partial charge in [0.1, 0.15) is 11.7 Å². The van der Waals surface area contributed by atoms with E-state index in [1.807, 2.05) is 6.07 Å². The molecular formula is C24H18N8O5. The van der Waals surface area contributed by atoms with Gasteiger partial charge in [-0.05, 0) is 36.8 Å². The Kier molecular flexibility index (Phi) is 5.90. The van der Waals surface area contributed by atoms with Gasteiger partial charge in [0.25, 0.3) is 11.8 Å². The maximum atomic E-state index is 13.3. The summed E-state index contributed by atoms with van der Waals surface area (Å²) in [6, 6.07) is 11.5. The lowest BCUT2D eigenvalue weighted by Gasteiger charge is -2.27. The number of urea groups is 1. The molecule has 1 atom stereocenters. The number of nitrogens with one attached hydrogen (secondary N) is 3. The summed E-state index contributed by atoms with van der Waals surface area (Å²) in [5.41, 5.74) is 1.68. The minimum Gasteiger partial charge on any atom is -0.332 e. The number of amides is 6. The standard InChI is InChI=1S/C24H18N8O5/c25-10-13-3-1-4-14(9-13)27-24(37)26-11-15-12-31(30-29-15)17-6-2-5-16-20(17)23(36)32(22(16)35)18-7-8-19(33)28-21(18)34/h1-6,9,12,18H,7-8,11H2,(H2,26,27,37)(H,28,33,34). The fraction of sp³-hybridized carbons (Fsp3) is 0.167. The first kappa shape index (κ1) is 23.4. The van der Waals surface area contributed by atoms with E-state index in [1.54, 1.807) is 30.3 Å². The second kappa shape index (κ2) is 9.34. The molecule has 2 aliphatic rings. The molecule has 184 valence electrons. The first-order valence-corrected chi connectivity index (χ1v) is 11.2. The first-order chi connectivity index (χ1) is 17.9. The highest BCUT2D eigenvalue weighted by Gasteiger charge is 2.45. The zero-order chi connectivity index (χ0) is 26.1. The largest absolute Gasteiger partial charge is 0.332 e. The van der Waals surface area contributed by atoms with E-state index in [9.17, 15) is 24.0 Å². The number of aromatic nitrogens is 3. The van der Waals surface area contributed by atoms with Crippen LogP contribution in [0.3, 0.4) is 0 Å². The number of nitrogens with zero attached hydrogens (tertiary/aromatic N) is 5. The Hall–Kier alpha value is -5.38. The highest BCUT2D eigenvalue weighted by molar-refractivity contribution is 6.24. The number of fused-ring (bicyclic) bond motifs is 1. The Morgan fingerprint density at radius 1 is 1.14 bits per heavy atom. The molecule has 13 nitrogen and oxygen atoms in total. The third-order valence-corrected chi connectivity index (χ3v) is 5.91. The van der Waals surface area contributed by atoms with Gasteiger partial charge >= 0.3 is 6.03 Å². The Bertz CT molecular complexity index is 1520. The van der Waals surface area contributed by atoms with E-state index in [2.05, 4.69) is 26.3 Å². The van der Waals surface area contributed by atoms with Crippen molar-refractivity contribution in [2.45, 2.75) is 25.4 Å². The van der Waals surface area contributed by atoms with Gasteiger partial charge in [0.2, 0.25) is 11.8 Å². The van der Waals surface area contributed by atoms with Crippen LogP contribution in [0.5, 0.6) is 0 Å². The first-order valence-electron chi connectivity index (χ1n) is 11.2. The smallest absolute Gasteiger partial charge is 0.319 e. The number of benzene rings is 2. The van der Waals surface area contributed by atoms with Crippen LogP contribution >= 0.6 is 0 Å². The summed E-state index contributed by atoms with van der Waals surface area (Å²) in [5, 5.41) is 24.4. The lowest BCUT2D eigenvalue weighted by Crippen LogP contribution is -2.54. The van der Waals surface area contributed by atoms with Crippen LogP contribution in [0.1, 0.15) is 44.8 Å². The molecule has 3 N–H and O–H groups in total. The highest BCUT2D eigenvalue weighted by Crippen LogP contribution is 2.31. The third kappa shape index (κ3) is 4.39. The van der Waals surface area contributed by atoms with E-state index >= 15 is 0 Å². The summed E-state index contributed by atoms with van der Waals surface area (Å²) in [7, 11) is 0. The van der Waals surface area contributed by atoms with Crippen LogP contribution in [-0.4, -0.2) is 55.6 Å². The summed E-state index contributed by atoms with van der Waals surface area (Å²) < 4.78 is 1.31. The second-order valence-corrected chi connectivity index (χ2v) is 8.30. The Balaban J connectivity index is 1.31. The summed E-state index contributed by atoms with van der Waals surface area (Å²) in [4.78, 5) is 63.2. The van der Waals surface area contributed by atoms with Gasteiger partial charge in [0, 0.05) is 12.1 Å². The van der Waals surface area contributed by atoms with Crippen molar-refractivity contribution in [3.63, 3.8) is 0 Å². The average Bonchev–Trinajstić information content (AvgIpc) is 3.46. The molecular weight excluding hydrogens is 480 g/mol. The van der Waals surface area contributed by atoms with E-state index in [4.69, 9.17) is 5.26 Å². The molecule has 2 aromatic carbocycles. The van der Waals surface area contributed by atoms with Crippen LogP contribution in [0.2, 0.25) is 0 Å². The molecule has 1 saturated heterocycles. The van der Waals surface area contributed by atoms with Gasteiger partial charge in [-0.25, -0.2) is 9.48 Å². The zero-order valence-corrected chi connectivity index (χ0v) is 19.1. The van der Waals surface area contributed by atoms with E-state index in [0.717, 1.165) is 4.90 Å². The van der Waals surface area contributed by atoms with E-state index < -0.39 is 35.7 Å². The summed E-state index contributed by atoms with van der Waals surface area (Å²) in [5.74, 6) is -2.44. The maximum Gasteiger partial charge on any atom is 0.319 e. The van der Waals surface area contributed by atoms with Crippen molar-refractivity contribution in [3.8, 4) is 11.8 Å². The van der Waals surface area contributed by atoms with Crippen LogP contribution < -0.4 is 16.0 Å². The number of piperidine rings is 1. The van der Waals surface area contributed by atoms with Crippen LogP contribution in [0.15, 0.2) is 48.7 Å². The molecule has 0 spiro atoms. The van der Waals surface area contributed by atoms with Gasteiger partial charge in [-0.1, -0.05) is 17.3 Å². The van der Waals surface area contributed by atoms with Crippen molar-refractivity contribution in [1.82, 2.24) is 30.5 Å². The maximum absolute atomic E-state index is 13.3. The molecule has 1 fully saturated rings. The lowest BCUT2D eigenvalue weighted by atomic mass is 10.0. The number of carbonyl (C=O) groups excluding carboxylic acids is 5. The summed E-state index contributed by atoms with van der Waals surface area (Å²) in [6.45, 7) is 0.00801. The van der Waals surface area contributed by atoms with Crippen LogP contribution in [0.25, 0.3) is 5.69 Å². The molecule has 1 unspecified atom stereocenters. The van der Waals surface area contributed by atoms with E-state index in [1.165, 1.54) is 23.0 Å². The number of nitriles is 1. The molecule has 37 heavy (non-hydrogen) atoms. The Labute approximate surface area is 209 Å². The van der Waals surface area contributed by atoms with Crippen molar-refractivity contribution in [3.05, 3.63) is 71.0 Å². The predicted molar refractivity (Wildman–Crippen MR) is 125 cm³/mol. The topological polar surface area (TPSA) is 179 Å². The SMILES string of the molecule is N#Cc1cccc(NC(=O)NCc2cn(-c3cccc4c3C(=O)N(C3CCC(=O)NC3=O)C4=O)nn2)c1. The van der Waals surface area contributed by atoms with Crippen LogP contribution in [0.4, 0.5) is 10.5 Å². The van der Waals surface area contributed by atoms with E-state index in [0.29, 0.717) is 16.9 Å². The number of anilines is 1. The second-order valence-electron chi connectivity index (χ2n) is 8.30. The van der Waals surface area contributed by atoms with Crippen molar-refractivity contribution in [1.29, 1.82) is 5.26 Å². The van der Waals surface area contributed by atoms with Crippen molar-refractivity contribution < 1.29 is 24.0 Å². The van der Waals surface area contributed by atoms with Crippen LogP contribution in [-0.2, 0) is 16.1 Å². The van der Waals surface area contributed by atoms with Gasteiger partial charge in [0.05, 0.1) is 41.2 Å². The molecule has 13 heteroatoms. The molecule has 6 amide bonds. The monoisotopic (exact) mass is 498 g/mol. The summed E-state index contributed by atoms with van der Waals surface area (Å²) in [6.07, 6.45) is 1.57. The quantitative estimate of drug-likeness (QED) is 0.433. The molecule has 3 aromatic rings. The minimum atomic E-state index is -1.08. The van der Waals surface area contributed by atoms with Gasteiger partial charge in [-0.3, -0.25) is 29.4 Å². The average molecular weight is 498 g/mol. The van der Waals surface area contributed by atoms with Crippen molar-refractivity contribution >= 4 is 35.3 Å². The molecule has 0 bridgehead atoms. The van der Waals surface area contributed by atoms with Crippen molar-refractivity contribution in [2.24, 2.45) is 0 Å². The number of hydrogen-bond donors (Lipinski definition) is 3. The highest BCUT2D eigenvalue weighted by atomic mass is 16.2. The molecule has 1 aromatic heterocycles. The number of rotatable bonds is 5. The number of imide groups is 2. The van der Waals surface area contributed by atoms with Gasteiger partial charge in [-0.15, -0.1) is 5.10 Å². The lowest BCUT2D eigenvalue weighted by molar-refractivity contribution is -0.136. The van der Waals surface area contributed by atoms with Gasteiger partial charge in [-0.2, -0.15) is 5.26 Å². The molecule has 5 rings (SSSR count). The van der Waals surface area contributed by atoms with Gasteiger partial charge in [0.15, 0.2) is 0 Å². The predicted octanol–water partition coefficient (Wildman–Crippen LogP) is 0.862. The minimum absolute atomic E-state index is 0.00801. The van der Waals surface area contributed by atoms with Crippen LogP contribution in [0, 0.1) is 11.3 Å². The number of hydrogen-bond acceptors (Lipinski definition) is 8. The molecule has 3 heterocycles. The number of carbonyl (C=O) groups is 5. The Morgan fingerprint density at radius 2 is 1.95 bits per heavy atom. The Morgan fingerprint density at radius 3 is 2.73 bits per heavy atom. The fourth-order valence-electron chi connectivity index (χ4n) is 4.20. The molecule has 0 radical (unpaired) electrons. The van der Waals surface area contributed by atoms with Gasteiger partial charge < -0.3 is 10.6 Å². The summed E-state index contributed by atoms with van der Waals surface area (Å²) >= 11 is 0. The zero-order valence-electron chi connectivity index (χ0n) is 19.1. The molecule has 0 aliphatic carbocycles.